The minimum absolute atomic E-state index is 0.187. The van der Waals surface area contributed by atoms with Crippen LogP contribution in [0.4, 0.5) is 0 Å². The van der Waals surface area contributed by atoms with Gasteiger partial charge in [-0.2, -0.15) is 0 Å². The lowest BCUT2D eigenvalue weighted by atomic mass is 10.2. The fourth-order valence-electron chi connectivity index (χ4n) is 2.12. The number of fused-ring (bicyclic) bond motifs is 1. The first kappa shape index (κ1) is 15.8. The van der Waals surface area contributed by atoms with E-state index in [9.17, 15) is 4.79 Å². The molecule has 2 heterocycles. The van der Waals surface area contributed by atoms with Crippen molar-refractivity contribution in [2.45, 2.75) is 0 Å². The maximum Gasteiger partial charge on any atom is 0.258 e. The van der Waals surface area contributed by atoms with Gasteiger partial charge in [-0.3, -0.25) is 9.20 Å². The molecule has 0 radical (unpaired) electrons. The van der Waals surface area contributed by atoms with Crippen LogP contribution in [0.3, 0.4) is 0 Å². The van der Waals surface area contributed by atoms with E-state index in [-0.39, 0.29) is 5.56 Å². The van der Waals surface area contributed by atoms with Gasteiger partial charge in [0.25, 0.3) is 5.56 Å². The lowest BCUT2D eigenvalue weighted by molar-refractivity contribution is 0.415. The van der Waals surface area contributed by atoms with Crippen molar-refractivity contribution in [1.82, 2.24) is 9.38 Å². The van der Waals surface area contributed by atoms with E-state index in [4.69, 9.17) is 16.3 Å². The smallest absolute Gasteiger partial charge is 0.258 e. The van der Waals surface area contributed by atoms with Crippen LogP contribution in [0.25, 0.3) is 16.8 Å². The zero-order chi connectivity index (χ0) is 16.4. The van der Waals surface area contributed by atoms with E-state index in [0.717, 1.165) is 15.8 Å². The van der Waals surface area contributed by atoms with Crippen molar-refractivity contribution in [2.24, 2.45) is 0 Å². The molecule has 116 valence electrons. The van der Waals surface area contributed by atoms with Crippen LogP contribution in [0.2, 0.25) is 0 Å². The fourth-order valence-corrected chi connectivity index (χ4v) is 2.68. The molecule has 23 heavy (non-hydrogen) atoms. The average Bonchev–Trinajstić information content (AvgIpc) is 2.56. The van der Waals surface area contributed by atoms with Gasteiger partial charge in [0.05, 0.1) is 17.8 Å². The molecule has 0 N–H and O–H groups in total. The molecule has 0 unspecified atom stereocenters. The molecule has 0 fully saturated rings. The fraction of sp³-hybridized carbons (Fsp3) is 0.0588. The Bertz CT molecular complexity index is 949. The summed E-state index contributed by atoms with van der Waals surface area (Å²) in [5.74, 6) is 0.769. The summed E-state index contributed by atoms with van der Waals surface area (Å²) >= 11 is 9.66. The molecule has 4 nitrogen and oxygen atoms in total. The van der Waals surface area contributed by atoms with E-state index in [2.05, 4.69) is 20.9 Å². The van der Waals surface area contributed by atoms with Crippen molar-refractivity contribution >= 4 is 44.3 Å². The Kier molecular flexibility index (Phi) is 4.50. The van der Waals surface area contributed by atoms with E-state index in [0.29, 0.717) is 16.4 Å². The number of nitrogens with zero attached hydrogens (tertiary/aromatic N) is 2. The van der Waals surface area contributed by atoms with E-state index in [1.165, 1.54) is 10.5 Å². The van der Waals surface area contributed by atoms with Crippen LogP contribution in [-0.2, 0) is 0 Å². The predicted octanol–water partition coefficient (Wildman–Crippen LogP) is 4.20. The van der Waals surface area contributed by atoms with Gasteiger partial charge in [-0.15, -0.1) is 0 Å². The summed E-state index contributed by atoms with van der Waals surface area (Å²) in [6, 6.07) is 12.5. The van der Waals surface area contributed by atoms with Gasteiger partial charge in [-0.25, -0.2) is 4.98 Å². The highest BCUT2D eigenvalue weighted by Crippen LogP contribution is 2.22. The minimum atomic E-state index is -0.187. The van der Waals surface area contributed by atoms with Crippen molar-refractivity contribution in [3.63, 3.8) is 0 Å². The summed E-state index contributed by atoms with van der Waals surface area (Å²) in [5, 5.41) is 0.401. The number of methoxy groups -OCH3 is 1. The number of halogens is 2. The first-order valence-electron chi connectivity index (χ1n) is 6.77. The summed E-state index contributed by atoms with van der Waals surface area (Å²) in [7, 11) is 1.61. The molecule has 0 aliphatic heterocycles. The van der Waals surface area contributed by atoms with Crippen molar-refractivity contribution in [3.05, 3.63) is 74.7 Å². The molecule has 2 aromatic heterocycles. The molecule has 0 bridgehead atoms. The first-order chi connectivity index (χ1) is 11.1. The molecular formula is C17H12BrClN2O2. The first-order valence-corrected chi connectivity index (χ1v) is 7.94. The van der Waals surface area contributed by atoms with Crippen LogP contribution in [-0.4, -0.2) is 16.5 Å². The highest BCUT2D eigenvalue weighted by Gasteiger charge is 2.06. The van der Waals surface area contributed by atoms with E-state index < -0.39 is 0 Å². The largest absolute Gasteiger partial charge is 0.497 e. The van der Waals surface area contributed by atoms with Gasteiger partial charge in [0, 0.05) is 16.7 Å². The Balaban J connectivity index is 2.02. The molecule has 3 rings (SSSR count). The second-order valence-electron chi connectivity index (χ2n) is 4.82. The number of hydrogen-bond donors (Lipinski definition) is 0. The normalized spacial score (nSPS) is 11.7. The second kappa shape index (κ2) is 6.56. The third-order valence-corrected chi connectivity index (χ3v) is 4.05. The van der Waals surface area contributed by atoms with Gasteiger partial charge in [0.15, 0.2) is 0 Å². The van der Waals surface area contributed by atoms with E-state index in [1.54, 1.807) is 25.4 Å². The summed E-state index contributed by atoms with van der Waals surface area (Å²) in [5.41, 5.74) is 1.69. The molecule has 0 spiro atoms. The lowest BCUT2D eigenvalue weighted by Gasteiger charge is -2.04. The second-order valence-corrected chi connectivity index (χ2v) is 6.14. The molecule has 0 aliphatic rings. The van der Waals surface area contributed by atoms with Crippen LogP contribution in [0.1, 0.15) is 11.3 Å². The van der Waals surface area contributed by atoms with Crippen LogP contribution in [0.5, 0.6) is 5.75 Å². The van der Waals surface area contributed by atoms with Gasteiger partial charge < -0.3 is 4.74 Å². The third kappa shape index (κ3) is 3.46. The van der Waals surface area contributed by atoms with Gasteiger partial charge >= 0.3 is 0 Å². The molecule has 0 saturated heterocycles. The zero-order valence-electron chi connectivity index (χ0n) is 12.2. The van der Waals surface area contributed by atoms with Crippen LogP contribution >= 0.6 is 27.5 Å². The van der Waals surface area contributed by atoms with Crippen molar-refractivity contribution in [2.75, 3.05) is 7.11 Å². The van der Waals surface area contributed by atoms with Crippen molar-refractivity contribution in [3.8, 4) is 5.75 Å². The minimum Gasteiger partial charge on any atom is -0.497 e. The summed E-state index contributed by atoms with van der Waals surface area (Å²) in [6.07, 6.45) is 3.44. The Morgan fingerprint density at radius 3 is 2.70 bits per heavy atom. The molecule has 3 aromatic rings. The Morgan fingerprint density at radius 2 is 2.00 bits per heavy atom. The zero-order valence-corrected chi connectivity index (χ0v) is 14.5. The third-order valence-electron chi connectivity index (χ3n) is 3.28. The molecule has 0 amide bonds. The lowest BCUT2D eigenvalue weighted by Crippen LogP contribution is -2.14. The molecule has 0 atom stereocenters. The maximum absolute atomic E-state index is 12.2. The summed E-state index contributed by atoms with van der Waals surface area (Å²) in [4.78, 5) is 16.6. The SMILES string of the molecule is COc1ccc(/C=C(\Cl)c2cc(=O)n3cc(Br)ccc3n2)cc1. The molecule has 6 heteroatoms. The van der Waals surface area contributed by atoms with Gasteiger partial charge in [-0.05, 0) is 51.8 Å². The quantitative estimate of drug-likeness (QED) is 0.672. The highest BCUT2D eigenvalue weighted by atomic mass is 79.9. The van der Waals surface area contributed by atoms with Crippen LogP contribution in [0.15, 0.2) is 57.9 Å². The van der Waals surface area contributed by atoms with E-state index >= 15 is 0 Å². The van der Waals surface area contributed by atoms with Gasteiger partial charge in [0.1, 0.15) is 11.4 Å². The molecule has 0 aliphatic carbocycles. The molecular weight excluding hydrogens is 380 g/mol. The number of aromatic nitrogens is 2. The summed E-state index contributed by atoms with van der Waals surface area (Å²) < 4.78 is 7.39. The maximum atomic E-state index is 12.2. The Hall–Kier alpha value is -2.11. The number of benzene rings is 1. The predicted molar refractivity (Wildman–Crippen MR) is 95.9 cm³/mol. The number of hydrogen-bond acceptors (Lipinski definition) is 3. The monoisotopic (exact) mass is 390 g/mol. The van der Waals surface area contributed by atoms with Gasteiger partial charge in [0.2, 0.25) is 0 Å². The Labute approximate surface area is 146 Å². The van der Waals surface area contributed by atoms with Crippen molar-refractivity contribution < 1.29 is 4.74 Å². The van der Waals surface area contributed by atoms with Crippen LogP contribution < -0.4 is 10.3 Å². The topological polar surface area (TPSA) is 43.6 Å². The number of rotatable bonds is 3. The number of pyridine rings is 1. The standard InChI is InChI=1S/C17H12BrClN2O2/c1-23-13-5-2-11(3-6-13)8-14(19)15-9-17(22)21-10-12(18)4-7-16(21)20-15/h2-10H,1H3/b14-8-. The molecule has 0 saturated carbocycles. The average molecular weight is 392 g/mol. The van der Waals surface area contributed by atoms with Crippen molar-refractivity contribution in [1.29, 1.82) is 0 Å². The summed E-state index contributed by atoms with van der Waals surface area (Å²) in [6.45, 7) is 0. The molecule has 1 aromatic carbocycles. The number of ether oxygens (including phenoxy) is 1. The van der Waals surface area contributed by atoms with Gasteiger partial charge in [-0.1, -0.05) is 23.7 Å². The Morgan fingerprint density at radius 1 is 1.26 bits per heavy atom. The van der Waals surface area contributed by atoms with E-state index in [1.807, 2.05) is 30.3 Å². The highest BCUT2D eigenvalue weighted by molar-refractivity contribution is 9.10. The van der Waals surface area contributed by atoms with Crippen LogP contribution in [0, 0.1) is 0 Å².